The van der Waals surface area contributed by atoms with Gasteiger partial charge in [-0.15, -0.1) is 0 Å². The van der Waals surface area contributed by atoms with E-state index in [1.807, 2.05) is 0 Å². The van der Waals surface area contributed by atoms with Crippen LogP contribution in [-0.2, 0) is 0 Å². The van der Waals surface area contributed by atoms with Crippen LogP contribution in [0.5, 0.6) is 0 Å². The number of hydrogen-bond donors (Lipinski definition) is 1. The molecule has 0 aliphatic carbocycles. The van der Waals surface area contributed by atoms with E-state index in [1.165, 1.54) is 17.0 Å². The summed E-state index contributed by atoms with van der Waals surface area (Å²) in [6, 6.07) is 10.6. The van der Waals surface area contributed by atoms with Gasteiger partial charge in [0.2, 0.25) is 0 Å². The highest BCUT2D eigenvalue weighted by Crippen LogP contribution is 2.34. The molecule has 2 aromatic carbocycles. The van der Waals surface area contributed by atoms with E-state index in [1.54, 1.807) is 30.3 Å². The lowest BCUT2D eigenvalue weighted by Crippen LogP contribution is -2.37. The predicted molar refractivity (Wildman–Crippen MR) is 82.2 cm³/mol. The van der Waals surface area contributed by atoms with Crippen molar-refractivity contribution in [3.8, 4) is 0 Å². The lowest BCUT2D eigenvalue weighted by molar-refractivity contribution is 0.582. The number of benzene rings is 2. The number of aliphatic imine (C=N–C) groups is 1. The third kappa shape index (κ3) is 2.51. The maximum absolute atomic E-state index is 14.2. The lowest BCUT2D eigenvalue weighted by atomic mass is 10.0. The van der Waals surface area contributed by atoms with Crippen LogP contribution < -0.4 is 10.6 Å². The molecule has 1 heterocycles. The van der Waals surface area contributed by atoms with Crippen molar-refractivity contribution in [2.24, 2.45) is 10.7 Å². The summed E-state index contributed by atoms with van der Waals surface area (Å²) in [5, 5.41) is 0. The summed E-state index contributed by atoms with van der Waals surface area (Å²) in [7, 11) is 0. The minimum absolute atomic E-state index is 0.187. The molecule has 1 unspecified atom stereocenters. The third-order valence-corrected chi connectivity index (χ3v) is 3.91. The molecule has 0 spiro atoms. The van der Waals surface area contributed by atoms with E-state index in [0.29, 0.717) is 22.3 Å². The molecule has 0 saturated carbocycles. The van der Waals surface area contributed by atoms with Gasteiger partial charge < -0.3 is 10.6 Å². The molecular formula is C15H12BrF2N3. The van der Waals surface area contributed by atoms with Crippen molar-refractivity contribution in [1.82, 2.24) is 0 Å². The Morgan fingerprint density at radius 2 is 1.90 bits per heavy atom. The first-order valence-corrected chi connectivity index (χ1v) is 7.16. The van der Waals surface area contributed by atoms with Crippen molar-refractivity contribution in [1.29, 1.82) is 0 Å². The van der Waals surface area contributed by atoms with Crippen LogP contribution in [0.1, 0.15) is 11.6 Å². The number of anilines is 1. The number of halogens is 3. The fourth-order valence-corrected chi connectivity index (χ4v) is 2.78. The van der Waals surface area contributed by atoms with Gasteiger partial charge in [0.1, 0.15) is 11.6 Å². The zero-order valence-electron chi connectivity index (χ0n) is 10.9. The van der Waals surface area contributed by atoms with Gasteiger partial charge in [0.25, 0.3) is 0 Å². The minimum atomic E-state index is -0.449. The van der Waals surface area contributed by atoms with Crippen molar-refractivity contribution < 1.29 is 8.78 Å². The Hall–Kier alpha value is -1.95. The number of nitrogens with two attached hydrogens (primary N) is 1. The second-order valence-electron chi connectivity index (χ2n) is 4.70. The molecule has 21 heavy (non-hydrogen) atoms. The SMILES string of the molecule is NC1=NCC(c2ccc(Br)cc2F)N1c1ccccc1F. The van der Waals surface area contributed by atoms with E-state index in [9.17, 15) is 8.78 Å². The van der Waals surface area contributed by atoms with Crippen LogP contribution >= 0.6 is 15.9 Å². The minimum Gasteiger partial charge on any atom is -0.369 e. The van der Waals surface area contributed by atoms with Gasteiger partial charge in [0.05, 0.1) is 18.3 Å². The second kappa shape index (κ2) is 5.44. The Morgan fingerprint density at radius 1 is 1.14 bits per heavy atom. The number of guanidine groups is 1. The molecular weight excluding hydrogens is 340 g/mol. The molecule has 108 valence electrons. The van der Waals surface area contributed by atoms with Gasteiger partial charge in [-0.2, -0.15) is 0 Å². The predicted octanol–water partition coefficient (Wildman–Crippen LogP) is 3.60. The normalized spacial score (nSPS) is 18.0. The Balaban J connectivity index is 2.05. The highest BCUT2D eigenvalue weighted by Gasteiger charge is 2.32. The Bertz CT molecular complexity index is 718. The van der Waals surface area contributed by atoms with E-state index in [-0.39, 0.29) is 11.8 Å². The van der Waals surface area contributed by atoms with Gasteiger partial charge in [-0.3, -0.25) is 4.99 Å². The maximum atomic E-state index is 14.2. The highest BCUT2D eigenvalue weighted by atomic mass is 79.9. The summed E-state index contributed by atoms with van der Waals surface area (Å²) >= 11 is 3.22. The van der Waals surface area contributed by atoms with Gasteiger partial charge in [0.15, 0.2) is 5.96 Å². The van der Waals surface area contributed by atoms with Gasteiger partial charge >= 0.3 is 0 Å². The fraction of sp³-hybridized carbons (Fsp3) is 0.133. The average molecular weight is 352 g/mol. The van der Waals surface area contributed by atoms with Crippen molar-refractivity contribution in [3.63, 3.8) is 0 Å². The molecule has 0 aromatic heterocycles. The molecule has 0 fully saturated rings. The lowest BCUT2D eigenvalue weighted by Gasteiger charge is -2.27. The van der Waals surface area contributed by atoms with Crippen LogP contribution in [-0.4, -0.2) is 12.5 Å². The summed E-state index contributed by atoms with van der Waals surface area (Å²) in [6.45, 7) is 0.290. The summed E-state index contributed by atoms with van der Waals surface area (Å²) in [6.07, 6.45) is 0. The first kappa shape index (κ1) is 14.0. The molecule has 0 amide bonds. The van der Waals surface area contributed by atoms with E-state index in [0.717, 1.165) is 0 Å². The molecule has 0 bridgehead atoms. The molecule has 0 radical (unpaired) electrons. The highest BCUT2D eigenvalue weighted by molar-refractivity contribution is 9.10. The Morgan fingerprint density at radius 3 is 2.62 bits per heavy atom. The van der Waals surface area contributed by atoms with E-state index in [2.05, 4.69) is 20.9 Å². The maximum Gasteiger partial charge on any atom is 0.196 e. The summed E-state index contributed by atoms with van der Waals surface area (Å²) in [5.74, 6) is -0.604. The van der Waals surface area contributed by atoms with Crippen molar-refractivity contribution >= 4 is 27.6 Å². The summed E-state index contributed by atoms with van der Waals surface area (Å²) in [4.78, 5) is 5.66. The average Bonchev–Trinajstić information content (AvgIpc) is 2.81. The van der Waals surface area contributed by atoms with Gasteiger partial charge in [-0.1, -0.05) is 34.1 Å². The van der Waals surface area contributed by atoms with Crippen LogP contribution in [0.3, 0.4) is 0 Å². The van der Waals surface area contributed by atoms with Crippen molar-refractivity contribution in [2.45, 2.75) is 6.04 Å². The number of para-hydroxylation sites is 1. The monoisotopic (exact) mass is 351 g/mol. The van der Waals surface area contributed by atoms with Crippen LogP contribution in [0, 0.1) is 11.6 Å². The fourth-order valence-electron chi connectivity index (χ4n) is 2.45. The Labute approximate surface area is 129 Å². The zero-order chi connectivity index (χ0) is 15.0. The Kier molecular flexibility index (Phi) is 3.63. The topological polar surface area (TPSA) is 41.6 Å². The van der Waals surface area contributed by atoms with Crippen LogP contribution in [0.15, 0.2) is 51.9 Å². The second-order valence-corrected chi connectivity index (χ2v) is 5.62. The number of rotatable bonds is 2. The third-order valence-electron chi connectivity index (χ3n) is 3.42. The smallest absolute Gasteiger partial charge is 0.196 e. The molecule has 3 nitrogen and oxygen atoms in total. The number of hydrogen-bond acceptors (Lipinski definition) is 3. The van der Waals surface area contributed by atoms with Crippen LogP contribution in [0.4, 0.5) is 14.5 Å². The van der Waals surface area contributed by atoms with Crippen molar-refractivity contribution in [3.05, 3.63) is 64.1 Å². The standard InChI is InChI=1S/C15H12BrF2N3/c16-9-5-6-10(12(18)7-9)14-8-20-15(19)21(14)13-4-2-1-3-11(13)17/h1-7,14H,8H2,(H2,19,20). The van der Waals surface area contributed by atoms with E-state index < -0.39 is 11.9 Å². The van der Waals surface area contributed by atoms with Crippen LogP contribution in [0.2, 0.25) is 0 Å². The quantitative estimate of drug-likeness (QED) is 0.897. The molecule has 1 atom stereocenters. The summed E-state index contributed by atoms with van der Waals surface area (Å²) < 4.78 is 28.8. The molecule has 0 saturated heterocycles. The number of nitrogens with zero attached hydrogens (tertiary/aromatic N) is 2. The van der Waals surface area contributed by atoms with Crippen molar-refractivity contribution in [2.75, 3.05) is 11.4 Å². The van der Waals surface area contributed by atoms with E-state index in [4.69, 9.17) is 5.73 Å². The molecule has 6 heteroatoms. The first-order valence-electron chi connectivity index (χ1n) is 6.36. The molecule has 1 aliphatic rings. The van der Waals surface area contributed by atoms with Crippen LogP contribution in [0.25, 0.3) is 0 Å². The summed E-state index contributed by atoms with van der Waals surface area (Å²) in [5.41, 5.74) is 6.60. The first-order chi connectivity index (χ1) is 10.1. The van der Waals surface area contributed by atoms with Gasteiger partial charge in [0, 0.05) is 10.0 Å². The molecule has 2 N–H and O–H groups in total. The molecule has 3 rings (SSSR count). The zero-order valence-corrected chi connectivity index (χ0v) is 12.5. The molecule has 1 aliphatic heterocycles. The van der Waals surface area contributed by atoms with Gasteiger partial charge in [-0.25, -0.2) is 8.78 Å². The largest absolute Gasteiger partial charge is 0.369 e. The van der Waals surface area contributed by atoms with E-state index >= 15 is 0 Å². The molecule has 2 aromatic rings. The van der Waals surface area contributed by atoms with Gasteiger partial charge in [-0.05, 0) is 24.3 Å².